The van der Waals surface area contributed by atoms with E-state index in [-0.39, 0.29) is 35.4 Å². The van der Waals surface area contributed by atoms with Gasteiger partial charge in [-0.2, -0.15) is 10.1 Å². The van der Waals surface area contributed by atoms with Crippen LogP contribution < -0.4 is 10.6 Å². The van der Waals surface area contributed by atoms with Gasteiger partial charge in [-0.05, 0) is 140 Å². The van der Waals surface area contributed by atoms with Crippen molar-refractivity contribution >= 4 is 40.2 Å². The number of piperidine rings is 2. The van der Waals surface area contributed by atoms with Gasteiger partial charge in [-0.1, -0.05) is 55.0 Å². The van der Waals surface area contributed by atoms with Crippen LogP contribution in [0.15, 0.2) is 84.3 Å². The molecule has 2 saturated heterocycles. The Labute approximate surface area is 400 Å². The van der Waals surface area contributed by atoms with Crippen molar-refractivity contribution in [1.82, 2.24) is 20.8 Å². The predicted molar refractivity (Wildman–Crippen MR) is 256 cm³/mol. The van der Waals surface area contributed by atoms with Crippen LogP contribution >= 0.6 is 11.6 Å². The molecule has 4 heterocycles. The van der Waals surface area contributed by atoms with Gasteiger partial charge in [0.2, 0.25) is 0 Å². The van der Waals surface area contributed by atoms with Crippen LogP contribution in [0.3, 0.4) is 0 Å². The number of aryl methyl sites for hydroxylation is 2. The second-order valence-electron chi connectivity index (χ2n) is 16.8. The topological polar surface area (TPSA) is 148 Å². The molecule has 1 amide bonds. The fraction of sp³-hybridized carbons (Fsp3) is 0.365. The van der Waals surface area contributed by atoms with Gasteiger partial charge in [0.05, 0.1) is 31.9 Å². The molecule has 4 aliphatic heterocycles. The van der Waals surface area contributed by atoms with E-state index in [0.29, 0.717) is 49.4 Å². The maximum Gasteiger partial charge on any atom is 0.513 e. The molecule has 0 bridgehead atoms. The number of amides is 1. The average Bonchev–Trinajstić information content (AvgIpc) is 3.75. The summed E-state index contributed by atoms with van der Waals surface area (Å²) < 4.78 is 41.3. The molecular weight excluding hydrogens is 898 g/mol. The van der Waals surface area contributed by atoms with Crippen LogP contribution in [0.4, 0.5) is 18.4 Å². The molecule has 68 heavy (non-hydrogen) atoms. The summed E-state index contributed by atoms with van der Waals surface area (Å²) in [5.74, 6) is -0.105. The minimum absolute atomic E-state index is 0.158. The summed E-state index contributed by atoms with van der Waals surface area (Å²) in [5.41, 5.74) is 8.63. The van der Waals surface area contributed by atoms with Gasteiger partial charge in [0.15, 0.2) is 5.76 Å². The number of ether oxygens (including phenoxy) is 3. The Morgan fingerprint density at radius 3 is 1.68 bits per heavy atom. The van der Waals surface area contributed by atoms with E-state index in [1.54, 1.807) is 51.5 Å². The number of halogens is 3. The Balaban J connectivity index is 0.000000203. The van der Waals surface area contributed by atoms with E-state index in [1.807, 2.05) is 36.1 Å². The summed E-state index contributed by atoms with van der Waals surface area (Å²) in [5, 5.41) is 21.7. The number of terminal acetylenes is 1. The quantitative estimate of drug-likeness (QED) is 0.0878. The van der Waals surface area contributed by atoms with Gasteiger partial charge in [0, 0.05) is 49.9 Å². The summed E-state index contributed by atoms with van der Waals surface area (Å²) >= 11 is 4.57. The molecule has 360 valence electrons. The van der Waals surface area contributed by atoms with Gasteiger partial charge in [-0.25, -0.2) is 18.4 Å². The van der Waals surface area contributed by atoms with E-state index in [9.17, 15) is 28.3 Å². The number of carbonyl (C=O) groups is 3. The highest BCUT2D eigenvalue weighted by Gasteiger charge is 2.51. The van der Waals surface area contributed by atoms with Crippen LogP contribution in [0, 0.1) is 51.9 Å². The molecule has 0 radical (unpaired) electrons. The van der Waals surface area contributed by atoms with Crippen molar-refractivity contribution in [2.75, 3.05) is 53.6 Å². The smallest absolute Gasteiger partial charge is 0.510 e. The third kappa shape index (κ3) is 11.1. The minimum Gasteiger partial charge on any atom is -0.510 e. The Morgan fingerprint density at radius 1 is 0.765 bits per heavy atom. The summed E-state index contributed by atoms with van der Waals surface area (Å²) in [6, 6.07) is 20.8. The zero-order chi connectivity index (χ0) is 49.3. The minimum atomic E-state index is -0.975. The van der Waals surface area contributed by atoms with Crippen molar-refractivity contribution in [3.05, 3.63) is 129 Å². The zero-order valence-electron chi connectivity index (χ0n) is 39.3. The van der Waals surface area contributed by atoms with E-state index in [2.05, 4.69) is 59.4 Å². The third-order valence-electron chi connectivity index (χ3n) is 13.0. The van der Waals surface area contributed by atoms with Gasteiger partial charge in [-0.3, -0.25) is 4.79 Å². The van der Waals surface area contributed by atoms with E-state index < -0.39 is 17.1 Å². The van der Waals surface area contributed by atoms with E-state index in [0.717, 1.165) is 81.6 Å². The number of hydrogen-bond donors (Lipinski definition) is 3. The van der Waals surface area contributed by atoms with Crippen LogP contribution in [0.25, 0.3) is 33.4 Å². The summed E-state index contributed by atoms with van der Waals surface area (Å²) in [4.78, 5) is 46.0. The first-order chi connectivity index (χ1) is 32.5. The molecule has 2 fully saturated rings. The molecule has 3 N–H and O–H groups in total. The first kappa shape index (κ1) is 51.3. The molecule has 4 aromatic rings. The fourth-order valence-corrected chi connectivity index (χ4v) is 9.59. The first-order valence-corrected chi connectivity index (χ1v) is 22.6. The van der Waals surface area contributed by atoms with Crippen molar-refractivity contribution in [2.45, 2.75) is 71.4 Å². The second-order valence-corrected chi connectivity index (χ2v) is 17.2. The molecule has 16 heteroatoms. The van der Waals surface area contributed by atoms with Gasteiger partial charge >= 0.3 is 11.6 Å². The SMILES string of the molecule is C#COC(=O)Cl.CCOC(=O)OC1=C(c2c(C)ccc(-c3ccc(F)cc3)c2C)C(=O)NC12CCN(OC)CC2.CON1CCC2(CC1)NCC(c1c(C)ccc(-c3ccc(F)cc3)c1C)=C2O. The van der Waals surface area contributed by atoms with E-state index in [1.165, 1.54) is 24.3 Å². The number of benzene rings is 4. The molecule has 8 rings (SSSR count). The number of aliphatic hydroxyl groups excluding tert-OH is 1. The number of hydroxylamine groups is 4. The van der Waals surface area contributed by atoms with Crippen LogP contribution in [0.2, 0.25) is 0 Å². The van der Waals surface area contributed by atoms with Crippen molar-refractivity contribution in [2.24, 2.45) is 0 Å². The zero-order valence-corrected chi connectivity index (χ0v) is 40.1. The lowest BCUT2D eigenvalue weighted by atomic mass is 9.84. The molecule has 13 nitrogen and oxygen atoms in total. The fourth-order valence-electron chi connectivity index (χ4n) is 9.55. The largest absolute Gasteiger partial charge is 0.513 e. The monoisotopic (exact) mass is 954 g/mol. The van der Waals surface area contributed by atoms with Crippen molar-refractivity contribution < 1.29 is 52.2 Å². The highest BCUT2D eigenvalue weighted by atomic mass is 35.5. The van der Waals surface area contributed by atoms with E-state index >= 15 is 0 Å². The van der Waals surface area contributed by atoms with Gasteiger partial charge < -0.3 is 39.6 Å². The number of hydrogen-bond acceptors (Lipinski definition) is 12. The van der Waals surface area contributed by atoms with Crippen molar-refractivity contribution in [3.8, 4) is 34.8 Å². The Bertz CT molecular complexity index is 2610. The highest BCUT2D eigenvalue weighted by molar-refractivity contribution is 6.61. The van der Waals surface area contributed by atoms with Gasteiger partial charge in [-0.15, -0.1) is 0 Å². The lowest BCUT2D eigenvalue weighted by Crippen LogP contribution is -2.53. The number of aliphatic hydroxyl groups is 1. The Morgan fingerprint density at radius 2 is 1.24 bits per heavy atom. The number of nitrogens with zero attached hydrogens (tertiary/aromatic N) is 2. The molecule has 0 aliphatic carbocycles. The summed E-state index contributed by atoms with van der Waals surface area (Å²) in [7, 11) is 3.30. The molecule has 4 aromatic carbocycles. The predicted octanol–water partition coefficient (Wildman–Crippen LogP) is 9.85. The summed E-state index contributed by atoms with van der Waals surface area (Å²) in [6.45, 7) is 13.2. The molecule has 0 saturated carbocycles. The van der Waals surface area contributed by atoms with Crippen LogP contribution in [0.5, 0.6) is 0 Å². The normalized spacial score (nSPS) is 17.5. The third-order valence-corrected chi connectivity index (χ3v) is 13.1. The van der Waals surface area contributed by atoms with Crippen LogP contribution in [0.1, 0.15) is 66.0 Å². The van der Waals surface area contributed by atoms with Crippen LogP contribution in [-0.4, -0.2) is 97.4 Å². The van der Waals surface area contributed by atoms with Crippen molar-refractivity contribution in [1.29, 1.82) is 0 Å². The Kier molecular flexibility index (Phi) is 16.8. The maximum atomic E-state index is 13.5. The highest BCUT2D eigenvalue weighted by Crippen LogP contribution is 2.45. The Hall–Kier alpha value is -6.12. The molecule has 0 unspecified atom stereocenters. The molecule has 0 atom stereocenters. The molecular formula is C52H57ClF2N4O9. The maximum absolute atomic E-state index is 13.5. The van der Waals surface area contributed by atoms with Crippen LogP contribution in [-0.2, 0) is 28.7 Å². The number of carbonyl (C=O) groups excluding carboxylic acids is 3. The van der Waals surface area contributed by atoms with Gasteiger partial charge in [0.25, 0.3) is 5.91 Å². The average molecular weight is 955 g/mol. The number of rotatable bonds is 8. The van der Waals surface area contributed by atoms with Gasteiger partial charge in [0.1, 0.15) is 29.0 Å². The lowest BCUT2D eigenvalue weighted by Gasteiger charge is -2.38. The first-order valence-electron chi connectivity index (χ1n) is 22.2. The molecule has 0 aromatic heterocycles. The number of nitrogens with one attached hydrogen (secondary N) is 2. The molecule has 4 aliphatic rings. The standard InChI is InChI=1S/C26H29FN2O5.C23H27FN2O2.C3HClO2/c1-5-33-25(31)34-23-22(24(30)28-26(23)12-14-29(32-4)15-13-26)21-16(2)6-11-20(17(21)3)18-7-9-19(27)10-8-18;1-15-4-9-19(17-5-7-18(24)8-6-17)16(2)21(15)20-14-25-23(22(20)27)10-12-26(28-3)13-11-23;1-2-6-3(4)5/h6-11H,5,12-15H2,1-4H3,(H,28,30);4-9,25,27H,10-14H2,1-3H3;1H. The summed E-state index contributed by atoms with van der Waals surface area (Å²) in [6.07, 6.45) is 7.85. The van der Waals surface area contributed by atoms with Crippen molar-refractivity contribution in [3.63, 3.8) is 0 Å². The lowest BCUT2D eigenvalue weighted by molar-refractivity contribution is -0.152. The van der Waals surface area contributed by atoms with E-state index in [4.69, 9.17) is 19.1 Å². The molecule has 2 spiro atoms. The second kappa shape index (κ2) is 22.3.